The molecule has 4 nitrogen and oxygen atoms in total. The lowest BCUT2D eigenvalue weighted by Gasteiger charge is -2.20. The van der Waals surface area contributed by atoms with Crippen LogP contribution in [-0.4, -0.2) is 21.9 Å². The first-order valence-corrected chi connectivity index (χ1v) is 5.86. The summed E-state index contributed by atoms with van der Waals surface area (Å²) in [5, 5.41) is 2.79. The fourth-order valence-electron chi connectivity index (χ4n) is 1.45. The predicted octanol–water partition coefficient (Wildman–Crippen LogP) is 1.43. The van der Waals surface area contributed by atoms with Crippen LogP contribution in [-0.2, 0) is 0 Å². The number of nitrogens with one attached hydrogen (secondary N) is 1. The minimum atomic E-state index is -0.306. The summed E-state index contributed by atoms with van der Waals surface area (Å²) in [4.78, 5) is 16.4. The summed E-state index contributed by atoms with van der Waals surface area (Å²) in [7, 11) is 0. The van der Waals surface area contributed by atoms with Crippen molar-refractivity contribution in [2.75, 3.05) is 0 Å². The zero-order valence-corrected chi connectivity index (χ0v) is 11.0. The van der Waals surface area contributed by atoms with Gasteiger partial charge in [0.15, 0.2) is 0 Å². The van der Waals surface area contributed by atoms with Crippen LogP contribution in [0.4, 0.5) is 0 Å². The number of thiocarbonyl (C=S) groups is 1. The molecule has 0 aliphatic carbocycles. The molecule has 3 N–H and O–H groups in total. The molecular formula is C12H17N3OS. The number of pyridine rings is 1. The molecule has 17 heavy (non-hydrogen) atoms. The Kier molecular flexibility index (Phi) is 4.57. The number of carbonyl (C=O) groups excluding carboxylic acids is 1. The van der Waals surface area contributed by atoms with Crippen LogP contribution in [0.2, 0.25) is 0 Å². The standard InChI is InChI=1S/C12H17N3OS/c1-7(2)10(11(13)17)15-12(16)9-6-4-5-8(3)14-9/h4-7,10H,1-3H3,(H2,13,17)(H,15,16). The molecule has 0 aliphatic rings. The zero-order chi connectivity index (χ0) is 13.0. The molecule has 1 unspecified atom stereocenters. The summed E-state index contributed by atoms with van der Waals surface area (Å²) in [5.41, 5.74) is 6.77. The topological polar surface area (TPSA) is 68.0 Å². The maximum atomic E-state index is 11.9. The Morgan fingerprint density at radius 1 is 1.47 bits per heavy atom. The monoisotopic (exact) mass is 251 g/mol. The molecule has 1 rings (SSSR count). The minimum absolute atomic E-state index is 0.154. The second-order valence-corrected chi connectivity index (χ2v) is 4.73. The van der Waals surface area contributed by atoms with E-state index < -0.39 is 0 Å². The Labute approximate surface area is 107 Å². The Bertz CT molecular complexity index is 432. The second-order valence-electron chi connectivity index (χ2n) is 4.26. The van der Waals surface area contributed by atoms with E-state index in [1.54, 1.807) is 12.1 Å². The summed E-state index contributed by atoms with van der Waals surface area (Å²) in [6.45, 7) is 5.74. The molecule has 5 heteroatoms. The summed E-state index contributed by atoms with van der Waals surface area (Å²) in [6.07, 6.45) is 0. The zero-order valence-electron chi connectivity index (χ0n) is 10.2. The van der Waals surface area contributed by atoms with Crippen molar-refractivity contribution in [3.05, 3.63) is 29.6 Å². The van der Waals surface area contributed by atoms with Gasteiger partial charge in [-0.2, -0.15) is 0 Å². The van der Waals surface area contributed by atoms with Crippen LogP contribution >= 0.6 is 12.2 Å². The lowest BCUT2D eigenvalue weighted by Crippen LogP contribution is -2.47. The van der Waals surface area contributed by atoms with Crippen LogP contribution < -0.4 is 11.1 Å². The van der Waals surface area contributed by atoms with Gasteiger partial charge in [-0.1, -0.05) is 32.1 Å². The number of carbonyl (C=O) groups is 1. The van der Waals surface area contributed by atoms with Crippen molar-refractivity contribution in [2.45, 2.75) is 26.8 Å². The Morgan fingerprint density at radius 2 is 2.12 bits per heavy atom. The normalized spacial score (nSPS) is 12.2. The largest absolute Gasteiger partial charge is 0.392 e. The quantitative estimate of drug-likeness (QED) is 0.794. The smallest absolute Gasteiger partial charge is 0.270 e. The van der Waals surface area contributed by atoms with Gasteiger partial charge in [-0.15, -0.1) is 0 Å². The first-order valence-electron chi connectivity index (χ1n) is 5.45. The van der Waals surface area contributed by atoms with Crippen LogP contribution in [0.3, 0.4) is 0 Å². The van der Waals surface area contributed by atoms with E-state index in [1.165, 1.54) is 0 Å². The molecule has 0 bridgehead atoms. The number of hydrogen-bond acceptors (Lipinski definition) is 3. The highest BCUT2D eigenvalue weighted by molar-refractivity contribution is 7.80. The van der Waals surface area contributed by atoms with E-state index in [-0.39, 0.29) is 17.9 Å². The van der Waals surface area contributed by atoms with Gasteiger partial charge in [0.1, 0.15) is 5.69 Å². The Hall–Kier alpha value is -1.49. The first kappa shape index (κ1) is 13.6. The molecular weight excluding hydrogens is 234 g/mol. The lowest BCUT2D eigenvalue weighted by molar-refractivity contribution is 0.0934. The van der Waals surface area contributed by atoms with Gasteiger partial charge in [0, 0.05) is 5.69 Å². The molecule has 1 aromatic heterocycles. The summed E-state index contributed by atoms with van der Waals surface area (Å²) in [6, 6.07) is 4.99. The van der Waals surface area contributed by atoms with Gasteiger partial charge in [-0.25, -0.2) is 4.98 Å². The molecule has 1 heterocycles. The maximum absolute atomic E-state index is 11.9. The molecule has 0 saturated heterocycles. The number of aromatic nitrogens is 1. The molecule has 0 radical (unpaired) electrons. The highest BCUT2D eigenvalue weighted by Crippen LogP contribution is 2.04. The van der Waals surface area contributed by atoms with Crippen LogP contribution in [0.25, 0.3) is 0 Å². The summed E-state index contributed by atoms with van der Waals surface area (Å²) < 4.78 is 0. The number of amides is 1. The minimum Gasteiger partial charge on any atom is -0.392 e. The van der Waals surface area contributed by atoms with E-state index >= 15 is 0 Å². The van der Waals surface area contributed by atoms with E-state index in [0.717, 1.165) is 5.69 Å². The molecule has 0 spiro atoms. The van der Waals surface area contributed by atoms with E-state index in [9.17, 15) is 4.79 Å². The molecule has 92 valence electrons. The molecule has 1 aromatic rings. The molecule has 0 fully saturated rings. The number of hydrogen-bond donors (Lipinski definition) is 2. The van der Waals surface area contributed by atoms with Crippen LogP contribution in [0, 0.1) is 12.8 Å². The van der Waals surface area contributed by atoms with Crippen LogP contribution in [0.15, 0.2) is 18.2 Å². The summed E-state index contributed by atoms with van der Waals surface area (Å²) >= 11 is 4.93. The Balaban J connectivity index is 2.81. The molecule has 0 saturated carbocycles. The highest BCUT2D eigenvalue weighted by Gasteiger charge is 2.20. The van der Waals surface area contributed by atoms with Crippen molar-refractivity contribution in [3.63, 3.8) is 0 Å². The fraction of sp³-hybridized carbons (Fsp3) is 0.417. The average molecular weight is 251 g/mol. The first-order chi connectivity index (χ1) is 7.91. The maximum Gasteiger partial charge on any atom is 0.270 e. The van der Waals surface area contributed by atoms with Crippen molar-refractivity contribution < 1.29 is 4.79 Å². The molecule has 1 amide bonds. The average Bonchev–Trinajstić information content (AvgIpc) is 2.24. The Morgan fingerprint density at radius 3 is 2.59 bits per heavy atom. The molecule has 0 aliphatic heterocycles. The van der Waals surface area contributed by atoms with Gasteiger partial charge >= 0.3 is 0 Å². The van der Waals surface area contributed by atoms with Crippen LogP contribution in [0.1, 0.15) is 30.0 Å². The lowest BCUT2D eigenvalue weighted by atomic mass is 10.0. The van der Waals surface area contributed by atoms with Crippen molar-refractivity contribution >= 4 is 23.1 Å². The van der Waals surface area contributed by atoms with E-state index in [1.807, 2.05) is 26.8 Å². The highest BCUT2D eigenvalue weighted by atomic mass is 32.1. The van der Waals surface area contributed by atoms with Crippen molar-refractivity contribution in [1.82, 2.24) is 10.3 Å². The van der Waals surface area contributed by atoms with Crippen molar-refractivity contribution in [1.29, 1.82) is 0 Å². The van der Waals surface area contributed by atoms with Gasteiger partial charge in [-0.3, -0.25) is 4.79 Å². The number of aryl methyl sites for hydroxylation is 1. The molecule has 0 aromatic carbocycles. The third-order valence-corrected chi connectivity index (χ3v) is 2.63. The summed E-state index contributed by atoms with van der Waals surface area (Å²) in [5.74, 6) is -0.0959. The predicted molar refractivity (Wildman–Crippen MR) is 71.9 cm³/mol. The third kappa shape index (κ3) is 3.78. The van der Waals surface area contributed by atoms with Crippen molar-refractivity contribution in [2.24, 2.45) is 11.7 Å². The fourth-order valence-corrected chi connectivity index (χ4v) is 1.78. The van der Waals surface area contributed by atoms with E-state index in [0.29, 0.717) is 10.7 Å². The van der Waals surface area contributed by atoms with Gasteiger partial charge in [0.25, 0.3) is 5.91 Å². The van der Waals surface area contributed by atoms with E-state index in [2.05, 4.69) is 10.3 Å². The molecule has 1 atom stereocenters. The third-order valence-electron chi connectivity index (χ3n) is 2.38. The van der Waals surface area contributed by atoms with Crippen LogP contribution in [0.5, 0.6) is 0 Å². The van der Waals surface area contributed by atoms with E-state index in [4.69, 9.17) is 18.0 Å². The van der Waals surface area contributed by atoms with Gasteiger partial charge in [-0.05, 0) is 25.0 Å². The van der Waals surface area contributed by atoms with Gasteiger partial charge in [0.2, 0.25) is 0 Å². The number of nitrogens with two attached hydrogens (primary N) is 1. The SMILES string of the molecule is Cc1cccc(C(=O)NC(C(N)=S)C(C)C)n1. The van der Waals surface area contributed by atoms with Gasteiger partial charge in [0.05, 0.1) is 11.0 Å². The van der Waals surface area contributed by atoms with Crippen molar-refractivity contribution in [3.8, 4) is 0 Å². The number of nitrogens with zero attached hydrogens (tertiary/aromatic N) is 1. The van der Waals surface area contributed by atoms with Gasteiger partial charge < -0.3 is 11.1 Å². The second kappa shape index (κ2) is 5.72. The number of rotatable bonds is 4.